The summed E-state index contributed by atoms with van der Waals surface area (Å²) in [5, 5.41) is 5.47. The number of aromatic nitrogens is 4. The molecule has 5 rings (SSSR count). The molecule has 2 bridgehead atoms. The summed E-state index contributed by atoms with van der Waals surface area (Å²) in [6.07, 6.45) is 5.22. The van der Waals surface area contributed by atoms with Gasteiger partial charge in [-0.05, 0) is 68.7 Å². The van der Waals surface area contributed by atoms with Gasteiger partial charge in [0, 0.05) is 42.5 Å². The molecule has 1 aliphatic heterocycles. The second kappa shape index (κ2) is 9.21. The molecular weight excluding hydrogens is 438 g/mol. The van der Waals surface area contributed by atoms with E-state index in [9.17, 15) is 0 Å². The van der Waals surface area contributed by atoms with Gasteiger partial charge in [0.05, 0.1) is 13.2 Å². The average molecular weight is 468 g/mol. The van der Waals surface area contributed by atoms with Crippen LogP contribution in [-0.4, -0.2) is 39.9 Å². The summed E-state index contributed by atoms with van der Waals surface area (Å²) in [4.78, 5) is 11.5. The number of pyridine rings is 1. The van der Waals surface area contributed by atoms with E-state index in [1.807, 2.05) is 35.1 Å². The molecule has 1 aliphatic carbocycles. The van der Waals surface area contributed by atoms with E-state index in [-0.39, 0.29) is 6.04 Å². The zero-order valence-electron chi connectivity index (χ0n) is 19.3. The Morgan fingerprint density at radius 3 is 2.61 bits per heavy atom. The molecule has 3 atom stereocenters. The number of methoxy groups -OCH3 is 1. The summed E-state index contributed by atoms with van der Waals surface area (Å²) in [6, 6.07) is 12.2. The van der Waals surface area contributed by atoms with Crippen LogP contribution < -0.4 is 14.4 Å². The number of nitrogens with zero attached hydrogens (tertiary/aromatic N) is 5. The number of benzene rings is 1. The Kier molecular flexibility index (Phi) is 6.15. The van der Waals surface area contributed by atoms with Crippen LogP contribution in [0.5, 0.6) is 17.6 Å². The Morgan fingerprint density at radius 2 is 1.91 bits per heavy atom. The van der Waals surface area contributed by atoms with E-state index in [0.717, 1.165) is 25.3 Å². The van der Waals surface area contributed by atoms with Gasteiger partial charge in [0.2, 0.25) is 5.88 Å². The van der Waals surface area contributed by atoms with E-state index >= 15 is 0 Å². The van der Waals surface area contributed by atoms with E-state index in [2.05, 4.69) is 29.8 Å². The lowest BCUT2D eigenvalue weighted by Gasteiger charge is -2.39. The van der Waals surface area contributed by atoms with Crippen LogP contribution in [0.4, 0.5) is 5.69 Å². The molecule has 1 saturated carbocycles. The van der Waals surface area contributed by atoms with Gasteiger partial charge in [0.1, 0.15) is 5.75 Å². The first-order valence-electron chi connectivity index (χ1n) is 11.6. The lowest BCUT2D eigenvalue weighted by Crippen LogP contribution is -2.42. The number of rotatable bonds is 7. The van der Waals surface area contributed by atoms with Crippen LogP contribution in [0.1, 0.15) is 38.6 Å². The molecule has 0 spiro atoms. The third-order valence-electron chi connectivity index (χ3n) is 6.88. The van der Waals surface area contributed by atoms with E-state index in [1.54, 1.807) is 13.2 Å². The van der Waals surface area contributed by atoms with Crippen molar-refractivity contribution in [1.82, 2.24) is 19.7 Å². The second-order valence-corrected chi connectivity index (χ2v) is 9.77. The molecule has 33 heavy (non-hydrogen) atoms. The fourth-order valence-electron chi connectivity index (χ4n) is 5.28. The van der Waals surface area contributed by atoms with Crippen LogP contribution in [0.15, 0.2) is 42.6 Å². The molecule has 1 saturated heterocycles. The summed E-state index contributed by atoms with van der Waals surface area (Å²) in [5.74, 6) is 4.05. The van der Waals surface area contributed by atoms with Crippen molar-refractivity contribution in [2.45, 2.75) is 39.2 Å². The Labute approximate surface area is 199 Å². The number of ether oxygens (including phenoxy) is 2. The van der Waals surface area contributed by atoms with Crippen molar-refractivity contribution in [3.05, 3.63) is 53.4 Å². The van der Waals surface area contributed by atoms with Gasteiger partial charge in [-0.1, -0.05) is 17.7 Å². The highest BCUT2D eigenvalue weighted by Crippen LogP contribution is 2.44. The third-order valence-corrected chi connectivity index (χ3v) is 7.11. The maximum atomic E-state index is 6.12. The van der Waals surface area contributed by atoms with Crippen LogP contribution in [-0.2, 0) is 6.42 Å². The standard InChI is InChI=1S/C25H30ClN5O2/c1-16(2)31-25(33-21-6-4-5-19(26)11-21)28-23(29-31)13-22-17-7-8-18(22)15-30(14-17)20-9-10-27-24(12-20)32-3/h4-6,9-12,16-18,22H,7-8,13-15H2,1-3H3/t17-,18+,22?. The van der Waals surface area contributed by atoms with Gasteiger partial charge in [-0.3, -0.25) is 0 Å². The number of fused-ring (bicyclic) bond motifs is 2. The number of hydrogen-bond acceptors (Lipinski definition) is 6. The smallest absolute Gasteiger partial charge is 0.320 e. The van der Waals surface area contributed by atoms with E-state index in [0.29, 0.717) is 40.4 Å². The summed E-state index contributed by atoms with van der Waals surface area (Å²) >= 11 is 6.12. The van der Waals surface area contributed by atoms with Crippen LogP contribution in [0.25, 0.3) is 0 Å². The molecule has 8 heteroatoms. The highest BCUT2D eigenvalue weighted by molar-refractivity contribution is 6.30. The molecule has 1 aromatic carbocycles. The molecule has 2 aliphatic rings. The summed E-state index contributed by atoms with van der Waals surface area (Å²) in [5.41, 5.74) is 1.19. The predicted molar refractivity (Wildman–Crippen MR) is 128 cm³/mol. The monoisotopic (exact) mass is 467 g/mol. The van der Waals surface area contributed by atoms with E-state index in [4.69, 9.17) is 31.2 Å². The van der Waals surface area contributed by atoms with Crippen LogP contribution in [0, 0.1) is 17.8 Å². The lowest BCUT2D eigenvalue weighted by molar-refractivity contribution is 0.265. The van der Waals surface area contributed by atoms with Gasteiger partial charge in [-0.2, -0.15) is 10.1 Å². The van der Waals surface area contributed by atoms with Crippen molar-refractivity contribution < 1.29 is 9.47 Å². The van der Waals surface area contributed by atoms with Gasteiger partial charge >= 0.3 is 6.01 Å². The highest BCUT2D eigenvalue weighted by atomic mass is 35.5. The van der Waals surface area contributed by atoms with Crippen molar-refractivity contribution >= 4 is 17.3 Å². The van der Waals surface area contributed by atoms with Crippen molar-refractivity contribution in [2.75, 3.05) is 25.1 Å². The van der Waals surface area contributed by atoms with Crippen LogP contribution in [0.2, 0.25) is 5.02 Å². The number of piperidine rings is 1. The van der Waals surface area contributed by atoms with Crippen molar-refractivity contribution in [2.24, 2.45) is 17.8 Å². The quantitative estimate of drug-likeness (QED) is 0.462. The average Bonchev–Trinajstić information content (AvgIpc) is 3.29. The fourth-order valence-corrected chi connectivity index (χ4v) is 5.46. The summed E-state index contributed by atoms with van der Waals surface area (Å²) in [6.45, 7) is 6.28. The number of hydrogen-bond donors (Lipinski definition) is 0. The molecule has 174 valence electrons. The van der Waals surface area contributed by atoms with Gasteiger partial charge in [-0.15, -0.1) is 0 Å². The molecule has 7 nitrogen and oxygen atoms in total. The largest absolute Gasteiger partial charge is 0.481 e. The normalized spacial score (nSPS) is 22.1. The maximum absolute atomic E-state index is 6.12. The Bertz CT molecular complexity index is 1100. The minimum Gasteiger partial charge on any atom is -0.481 e. The lowest BCUT2D eigenvalue weighted by atomic mass is 9.82. The summed E-state index contributed by atoms with van der Waals surface area (Å²) in [7, 11) is 1.66. The Balaban J connectivity index is 1.31. The van der Waals surface area contributed by atoms with Crippen molar-refractivity contribution in [1.29, 1.82) is 0 Å². The fraction of sp³-hybridized carbons (Fsp3) is 0.480. The van der Waals surface area contributed by atoms with E-state index < -0.39 is 0 Å². The first-order valence-corrected chi connectivity index (χ1v) is 12.0. The minimum absolute atomic E-state index is 0.153. The molecule has 0 amide bonds. The van der Waals surface area contributed by atoms with Gasteiger partial charge < -0.3 is 14.4 Å². The van der Waals surface area contributed by atoms with Crippen LogP contribution >= 0.6 is 11.6 Å². The third kappa shape index (κ3) is 4.64. The topological polar surface area (TPSA) is 65.3 Å². The van der Waals surface area contributed by atoms with Crippen molar-refractivity contribution in [3.8, 4) is 17.6 Å². The number of anilines is 1. The zero-order chi connectivity index (χ0) is 22.9. The van der Waals surface area contributed by atoms with E-state index in [1.165, 1.54) is 18.5 Å². The first-order chi connectivity index (χ1) is 16.0. The highest BCUT2D eigenvalue weighted by Gasteiger charge is 2.42. The molecular formula is C25H30ClN5O2. The molecule has 2 aromatic heterocycles. The molecule has 3 aromatic rings. The predicted octanol–water partition coefficient (Wildman–Crippen LogP) is 5.41. The van der Waals surface area contributed by atoms with Gasteiger partial charge in [-0.25, -0.2) is 9.67 Å². The molecule has 0 N–H and O–H groups in total. The maximum Gasteiger partial charge on any atom is 0.320 e. The van der Waals surface area contributed by atoms with Crippen LogP contribution in [0.3, 0.4) is 0 Å². The van der Waals surface area contributed by atoms with Gasteiger partial charge in [0.25, 0.3) is 0 Å². The molecule has 0 radical (unpaired) electrons. The SMILES string of the molecule is COc1cc(N2C[C@H]3CC[C@@H](C2)C3Cc2nc(Oc3cccc(Cl)c3)n(C(C)C)n2)ccn1. The molecule has 2 fully saturated rings. The second-order valence-electron chi connectivity index (χ2n) is 9.34. The summed E-state index contributed by atoms with van der Waals surface area (Å²) < 4.78 is 13.3. The zero-order valence-corrected chi connectivity index (χ0v) is 20.1. The van der Waals surface area contributed by atoms with Crippen molar-refractivity contribution in [3.63, 3.8) is 0 Å². The number of halogens is 1. The Morgan fingerprint density at radius 1 is 1.12 bits per heavy atom. The molecule has 1 unspecified atom stereocenters. The first kappa shape index (κ1) is 22.0. The minimum atomic E-state index is 0.153. The molecule has 3 heterocycles. The van der Waals surface area contributed by atoms with Gasteiger partial charge in [0.15, 0.2) is 5.82 Å². The Hall–Kier alpha value is -2.80.